The number of esters is 1. The van der Waals surface area contributed by atoms with Crippen molar-refractivity contribution in [2.24, 2.45) is 5.92 Å². The van der Waals surface area contributed by atoms with Crippen LogP contribution in [0.2, 0.25) is 0 Å². The second kappa shape index (κ2) is 7.91. The van der Waals surface area contributed by atoms with Gasteiger partial charge in [-0.15, -0.1) is 11.3 Å². The van der Waals surface area contributed by atoms with Gasteiger partial charge in [0.05, 0.1) is 11.7 Å². The number of thiophene rings is 1. The molecule has 0 fully saturated rings. The normalized spacial score (nSPS) is 16.1. The molecule has 0 unspecified atom stereocenters. The van der Waals surface area contributed by atoms with E-state index in [2.05, 4.69) is 17.6 Å². The third kappa shape index (κ3) is 4.25. The van der Waals surface area contributed by atoms with Crippen molar-refractivity contribution in [2.75, 3.05) is 10.6 Å². The zero-order valence-electron chi connectivity index (χ0n) is 15.3. The van der Waals surface area contributed by atoms with E-state index in [-0.39, 0.29) is 18.1 Å². The number of urea groups is 1. The summed E-state index contributed by atoms with van der Waals surface area (Å²) >= 11 is 1.49. The van der Waals surface area contributed by atoms with E-state index in [0.29, 0.717) is 22.2 Å². The average molecular weight is 372 g/mol. The Hall–Kier alpha value is -2.34. The first-order valence-electron chi connectivity index (χ1n) is 8.92. The quantitative estimate of drug-likeness (QED) is 0.735. The van der Waals surface area contributed by atoms with Gasteiger partial charge >= 0.3 is 12.0 Å². The highest BCUT2D eigenvalue weighted by Gasteiger charge is 2.29. The molecule has 0 spiro atoms. The van der Waals surface area contributed by atoms with Crippen LogP contribution in [0.5, 0.6) is 0 Å². The van der Waals surface area contributed by atoms with Gasteiger partial charge in [-0.25, -0.2) is 9.59 Å². The number of hydrogen-bond acceptors (Lipinski definition) is 4. The minimum Gasteiger partial charge on any atom is -0.459 e. The summed E-state index contributed by atoms with van der Waals surface area (Å²) in [5, 5.41) is 6.22. The fourth-order valence-electron chi connectivity index (χ4n) is 3.11. The molecular weight excluding hydrogens is 348 g/mol. The smallest absolute Gasteiger partial charge is 0.341 e. The predicted octanol–water partition coefficient (Wildman–Crippen LogP) is 5.08. The number of carbonyl (C=O) groups is 2. The van der Waals surface area contributed by atoms with Gasteiger partial charge in [0, 0.05) is 10.6 Å². The number of hydrogen-bond donors (Lipinski definition) is 2. The first kappa shape index (κ1) is 18.5. The fourth-order valence-corrected chi connectivity index (χ4v) is 4.51. The molecular formula is C20H24N2O3S. The standard InChI is InChI=1S/C20H24N2O3S/c1-12(2)25-19(23)17-15-10-9-13(3)11-16(15)26-18(17)22-20(24)21-14-7-5-4-6-8-14/h4-8,12-13H,9-11H2,1-3H3,(H2,21,22,24)/t13-/m0/s1. The van der Waals surface area contributed by atoms with Crippen molar-refractivity contribution >= 4 is 34.0 Å². The molecule has 3 rings (SSSR count). The largest absolute Gasteiger partial charge is 0.459 e. The van der Waals surface area contributed by atoms with Crippen molar-refractivity contribution in [3.63, 3.8) is 0 Å². The van der Waals surface area contributed by atoms with Crippen LogP contribution in [-0.4, -0.2) is 18.1 Å². The predicted molar refractivity (Wildman–Crippen MR) is 105 cm³/mol. The lowest BCUT2D eigenvalue weighted by Gasteiger charge is -2.18. The number of anilines is 2. The summed E-state index contributed by atoms with van der Waals surface area (Å²) in [5.41, 5.74) is 2.26. The van der Waals surface area contributed by atoms with E-state index >= 15 is 0 Å². The van der Waals surface area contributed by atoms with Gasteiger partial charge in [0.1, 0.15) is 5.00 Å². The van der Waals surface area contributed by atoms with Crippen molar-refractivity contribution in [3.05, 3.63) is 46.3 Å². The van der Waals surface area contributed by atoms with Gasteiger partial charge in [-0.1, -0.05) is 25.1 Å². The highest BCUT2D eigenvalue weighted by Crippen LogP contribution is 2.40. The molecule has 2 aromatic rings. The van der Waals surface area contributed by atoms with Gasteiger partial charge < -0.3 is 10.1 Å². The summed E-state index contributed by atoms with van der Waals surface area (Å²) in [5.74, 6) is 0.225. The van der Waals surface area contributed by atoms with Gasteiger partial charge in [-0.3, -0.25) is 5.32 Å². The van der Waals surface area contributed by atoms with Crippen molar-refractivity contribution in [3.8, 4) is 0 Å². The first-order valence-corrected chi connectivity index (χ1v) is 9.74. The van der Waals surface area contributed by atoms with E-state index in [0.717, 1.165) is 24.8 Å². The van der Waals surface area contributed by atoms with Crippen molar-refractivity contribution in [2.45, 2.75) is 46.1 Å². The van der Waals surface area contributed by atoms with Gasteiger partial charge in [0.15, 0.2) is 0 Å². The van der Waals surface area contributed by atoms with E-state index in [1.165, 1.54) is 16.2 Å². The van der Waals surface area contributed by atoms with Gasteiger partial charge in [0.2, 0.25) is 0 Å². The molecule has 0 saturated carbocycles. The number of para-hydroxylation sites is 1. The number of carbonyl (C=O) groups excluding carboxylic acids is 2. The van der Waals surface area contributed by atoms with Crippen LogP contribution < -0.4 is 10.6 Å². The van der Waals surface area contributed by atoms with Crippen LogP contribution in [0.3, 0.4) is 0 Å². The zero-order chi connectivity index (χ0) is 18.7. The Morgan fingerprint density at radius 2 is 1.92 bits per heavy atom. The van der Waals surface area contributed by atoms with Gasteiger partial charge in [0.25, 0.3) is 0 Å². The Labute approximate surface area is 157 Å². The first-order chi connectivity index (χ1) is 12.4. The number of fused-ring (bicyclic) bond motifs is 1. The number of rotatable bonds is 4. The number of nitrogens with one attached hydrogen (secondary N) is 2. The summed E-state index contributed by atoms with van der Waals surface area (Å²) in [4.78, 5) is 26.2. The second-order valence-electron chi connectivity index (χ2n) is 6.96. The Bertz CT molecular complexity index is 799. The number of ether oxygens (including phenoxy) is 1. The second-order valence-corrected chi connectivity index (χ2v) is 8.06. The van der Waals surface area contributed by atoms with Crippen LogP contribution in [0.15, 0.2) is 30.3 Å². The summed E-state index contributed by atoms with van der Waals surface area (Å²) in [6, 6.07) is 8.86. The minimum atomic E-state index is -0.360. The van der Waals surface area contributed by atoms with E-state index in [9.17, 15) is 9.59 Å². The number of benzene rings is 1. The molecule has 1 aromatic heterocycles. The highest BCUT2D eigenvalue weighted by molar-refractivity contribution is 7.17. The van der Waals surface area contributed by atoms with Crippen LogP contribution >= 0.6 is 11.3 Å². The maximum Gasteiger partial charge on any atom is 0.341 e. The molecule has 0 saturated heterocycles. The Balaban J connectivity index is 1.85. The van der Waals surface area contributed by atoms with E-state index in [1.54, 1.807) is 0 Å². The van der Waals surface area contributed by atoms with Crippen LogP contribution in [0.25, 0.3) is 0 Å². The van der Waals surface area contributed by atoms with E-state index < -0.39 is 0 Å². The van der Waals surface area contributed by atoms with E-state index in [4.69, 9.17) is 4.74 Å². The molecule has 1 aliphatic carbocycles. The average Bonchev–Trinajstić information content (AvgIpc) is 2.91. The third-order valence-corrected chi connectivity index (χ3v) is 5.49. The minimum absolute atomic E-state index is 0.202. The van der Waals surface area contributed by atoms with Crippen molar-refractivity contribution in [1.82, 2.24) is 0 Å². The molecule has 5 nitrogen and oxygen atoms in total. The monoisotopic (exact) mass is 372 g/mol. The summed E-state index contributed by atoms with van der Waals surface area (Å²) in [6.45, 7) is 5.87. The molecule has 0 bridgehead atoms. The van der Waals surface area contributed by atoms with Crippen molar-refractivity contribution < 1.29 is 14.3 Å². The molecule has 6 heteroatoms. The highest BCUT2D eigenvalue weighted by atomic mass is 32.1. The molecule has 0 aliphatic heterocycles. The molecule has 2 N–H and O–H groups in total. The lowest BCUT2D eigenvalue weighted by molar-refractivity contribution is 0.0378. The fraction of sp³-hybridized carbons (Fsp3) is 0.400. The van der Waals surface area contributed by atoms with Crippen LogP contribution in [0.4, 0.5) is 15.5 Å². The van der Waals surface area contributed by atoms with Crippen LogP contribution in [0, 0.1) is 5.92 Å². The lowest BCUT2D eigenvalue weighted by Crippen LogP contribution is -2.21. The molecule has 26 heavy (non-hydrogen) atoms. The molecule has 138 valence electrons. The van der Waals surface area contributed by atoms with Gasteiger partial charge in [-0.05, 0) is 56.7 Å². The molecule has 2 amide bonds. The summed E-state index contributed by atoms with van der Waals surface area (Å²) < 4.78 is 5.42. The van der Waals surface area contributed by atoms with E-state index in [1.807, 2.05) is 44.2 Å². The molecule has 0 radical (unpaired) electrons. The van der Waals surface area contributed by atoms with Crippen LogP contribution in [0.1, 0.15) is 48.0 Å². The molecule has 1 aromatic carbocycles. The Morgan fingerprint density at radius 3 is 2.62 bits per heavy atom. The van der Waals surface area contributed by atoms with Crippen molar-refractivity contribution in [1.29, 1.82) is 0 Å². The maximum atomic E-state index is 12.6. The molecule has 1 atom stereocenters. The van der Waals surface area contributed by atoms with Crippen LogP contribution in [-0.2, 0) is 17.6 Å². The topological polar surface area (TPSA) is 67.4 Å². The zero-order valence-corrected chi connectivity index (χ0v) is 16.1. The Morgan fingerprint density at radius 1 is 1.19 bits per heavy atom. The van der Waals surface area contributed by atoms with Gasteiger partial charge in [-0.2, -0.15) is 0 Å². The number of amides is 2. The third-order valence-electron chi connectivity index (χ3n) is 4.32. The maximum absolute atomic E-state index is 12.6. The molecule has 1 aliphatic rings. The SMILES string of the molecule is CC(C)OC(=O)c1c(NC(=O)Nc2ccccc2)sc2c1CC[C@H](C)C2. The summed E-state index contributed by atoms with van der Waals surface area (Å²) in [6.07, 6.45) is 2.62. The molecule has 1 heterocycles. The Kier molecular flexibility index (Phi) is 5.61. The lowest BCUT2D eigenvalue weighted by atomic mass is 9.88. The summed E-state index contributed by atoms with van der Waals surface area (Å²) in [7, 11) is 0.